The van der Waals surface area contributed by atoms with Gasteiger partial charge in [0, 0.05) is 6.54 Å². The van der Waals surface area contributed by atoms with Gasteiger partial charge in [-0.2, -0.15) is 0 Å². The number of nitrogen functional groups attached to an aromatic ring is 1. The van der Waals surface area contributed by atoms with Gasteiger partial charge in [0.05, 0.1) is 5.25 Å². The second kappa shape index (κ2) is 10.4. The Hall–Kier alpha value is -2.22. The summed E-state index contributed by atoms with van der Waals surface area (Å²) in [6, 6.07) is 7.97. The van der Waals surface area contributed by atoms with Crippen LogP contribution in [0.15, 0.2) is 29.4 Å². The van der Waals surface area contributed by atoms with E-state index in [9.17, 15) is 4.79 Å². The minimum Gasteiger partial charge on any atom is -0.486 e. The van der Waals surface area contributed by atoms with Gasteiger partial charge in [-0.25, -0.2) is 4.68 Å². The lowest BCUT2D eigenvalue weighted by Crippen LogP contribution is -2.32. The van der Waals surface area contributed by atoms with Crippen LogP contribution < -0.4 is 15.9 Å². The molecule has 8 heteroatoms. The Balaban J connectivity index is 1.87. The van der Waals surface area contributed by atoms with Gasteiger partial charge in [0.25, 0.3) is 0 Å². The number of benzene rings is 1. The van der Waals surface area contributed by atoms with Crippen LogP contribution in [0.4, 0.5) is 0 Å². The van der Waals surface area contributed by atoms with Crippen molar-refractivity contribution in [3.8, 4) is 5.75 Å². The number of nitrogens with zero attached hydrogens (tertiary/aromatic N) is 3. The van der Waals surface area contributed by atoms with E-state index in [1.807, 2.05) is 31.2 Å². The van der Waals surface area contributed by atoms with E-state index in [-0.39, 0.29) is 17.8 Å². The van der Waals surface area contributed by atoms with Gasteiger partial charge in [-0.3, -0.25) is 4.79 Å². The van der Waals surface area contributed by atoms with Gasteiger partial charge >= 0.3 is 0 Å². The van der Waals surface area contributed by atoms with Crippen LogP contribution in [0.1, 0.15) is 58.3 Å². The molecule has 0 aliphatic rings. The van der Waals surface area contributed by atoms with Gasteiger partial charge in [0.1, 0.15) is 12.4 Å². The Labute approximate surface area is 171 Å². The smallest absolute Gasteiger partial charge is 0.233 e. The van der Waals surface area contributed by atoms with Crippen molar-refractivity contribution >= 4 is 17.7 Å². The SMILES string of the molecule is CC(C)CCNC(=O)C(C)Sc1nnc(COc2ccc(C(C)C)cc2)n1N. The molecule has 0 spiro atoms. The van der Waals surface area contributed by atoms with Crippen LogP contribution in [0.3, 0.4) is 0 Å². The third-order valence-electron chi connectivity index (χ3n) is 4.32. The van der Waals surface area contributed by atoms with Gasteiger partial charge in [-0.05, 0) is 42.9 Å². The van der Waals surface area contributed by atoms with Crippen LogP contribution in [0.5, 0.6) is 5.75 Å². The van der Waals surface area contributed by atoms with E-state index in [4.69, 9.17) is 10.6 Å². The molecule has 0 saturated heterocycles. The number of hydrogen-bond acceptors (Lipinski definition) is 6. The Kier molecular flexibility index (Phi) is 8.17. The van der Waals surface area contributed by atoms with Crippen LogP contribution in [-0.4, -0.2) is 32.6 Å². The summed E-state index contributed by atoms with van der Waals surface area (Å²) in [5.74, 6) is 8.33. The highest BCUT2D eigenvalue weighted by atomic mass is 32.2. The second-order valence-electron chi connectivity index (χ2n) is 7.51. The first kappa shape index (κ1) is 22.1. The van der Waals surface area contributed by atoms with E-state index >= 15 is 0 Å². The van der Waals surface area contributed by atoms with Crippen molar-refractivity contribution < 1.29 is 9.53 Å². The van der Waals surface area contributed by atoms with E-state index in [0.717, 1.165) is 12.2 Å². The first-order chi connectivity index (χ1) is 13.3. The first-order valence-corrected chi connectivity index (χ1v) is 10.5. The van der Waals surface area contributed by atoms with Crippen molar-refractivity contribution in [2.75, 3.05) is 12.4 Å². The molecule has 0 aliphatic heterocycles. The molecule has 3 N–H and O–H groups in total. The lowest BCUT2D eigenvalue weighted by Gasteiger charge is -2.12. The minimum atomic E-state index is -0.309. The van der Waals surface area contributed by atoms with Crippen molar-refractivity contribution in [2.45, 2.75) is 64.0 Å². The average molecular weight is 406 g/mol. The van der Waals surface area contributed by atoms with Crippen molar-refractivity contribution in [1.82, 2.24) is 20.2 Å². The number of amides is 1. The molecule has 154 valence electrons. The Bertz CT molecular complexity index is 758. The van der Waals surface area contributed by atoms with E-state index in [1.54, 1.807) is 0 Å². The first-order valence-electron chi connectivity index (χ1n) is 9.64. The third kappa shape index (κ3) is 6.44. The monoisotopic (exact) mass is 405 g/mol. The molecule has 0 radical (unpaired) electrons. The number of nitrogens with two attached hydrogens (primary N) is 1. The zero-order chi connectivity index (χ0) is 20.7. The Morgan fingerprint density at radius 1 is 1.18 bits per heavy atom. The summed E-state index contributed by atoms with van der Waals surface area (Å²) < 4.78 is 7.14. The molecule has 1 heterocycles. The summed E-state index contributed by atoms with van der Waals surface area (Å²) in [5, 5.41) is 11.3. The van der Waals surface area contributed by atoms with Gasteiger partial charge in [-0.15, -0.1) is 10.2 Å². The normalized spacial score (nSPS) is 12.4. The molecule has 0 fully saturated rings. The largest absolute Gasteiger partial charge is 0.486 e. The summed E-state index contributed by atoms with van der Waals surface area (Å²) in [7, 11) is 0. The lowest BCUT2D eigenvalue weighted by molar-refractivity contribution is -0.120. The standard InChI is InChI=1S/C20H31N5O2S/c1-13(2)10-11-22-19(26)15(5)28-20-24-23-18(25(20)21)12-27-17-8-6-16(7-9-17)14(3)4/h6-9,13-15H,10-12,21H2,1-5H3,(H,22,26). The molecule has 7 nitrogen and oxygen atoms in total. The third-order valence-corrected chi connectivity index (χ3v) is 5.38. The molecule has 1 unspecified atom stereocenters. The van der Waals surface area contributed by atoms with Crippen LogP contribution >= 0.6 is 11.8 Å². The van der Waals surface area contributed by atoms with Gasteiger partial charge in [-0.1, -0.05) is 51.6 Å². The molecule has 1 atom stereocenters. The predicted molar refractivity (Wildman–Crippen MR) is 113 cm³/mol. The number of rotatable bonds is 10. The zero-order valence-electron chi connectivity index (χ0n) is 17.3. The van der Waals surface area contributed by atoms with Crippen molar-refractivity contribution in [1.29, 1.82) is 0 Å². The van der Waals surface area contributed by atoms with E-state index in [1.165, 1.54) is 22.0 Å². The number of carbonyl (C=O) groups excluding carboxylic acids is 1. The number of hydrogen-bond donors (Lipinski definition) is 2. The Morgan fingerprint density at radius 3 is 2.46 bits per heavy atom. The van der Waals surface area contributed by atoms with Crippen molar-refractivity contribution in [2.24, 2.45) is 5.92 Å². The Morgan fingerprint density at radius 2 is 1.86 bits per heavy atom. The summed E-state index contributed by atoms with van der Waals surface area (Å²) in [6.45, 7) is 11.3. The highest BCUT2D eigenvalue weighted by Crippen LogP contribution is 2.22. The number of aromatic nitrogens is 3. The van der Waals surface area contributed by atoms with Crippen LogP contribution in [0.2, 0.25) is 0 Å². The maximum atomic E-state index is 12.2. The molecule has 28 heavy (non-hydrogen) atoms. The molecule has 1 aromatic heterocycles. The average Bonchev–Trinajstić information content (AvgIpc) is 2.99. The fraction of sp³-hybridized carbons (Fsp3) is 0.550. The molecule has 0 saturated carbocycles. The number of thioether (sulfide) groups is 1. The highest BCUT2D eigenvalue weighted by molar-refractivity contribution is 8.00. The topological polar surface area (TPSA) is 95.1 Å². The van der Waals surface area contributed by atoms with Crippen molar-refractivity contribution in [3.05, 3.63) is 35.7 Å². The highest BCUT2D eigenvalue weighted by Gasteiger charge is 2.19. The fourth-order valence-corrected chi connectivity index (χ4v) is 3.24. The summed E-state index contributed by atoms with van der Waals surface area (Å²) >= 11 is 1.28. The van der Waals surface area contributed by atoms with Gasteiger partial charge in [0.2, 0.25) is 11.1 Å². The zero-order valence-corrected chi connectivity index (χ0v) is 18.1. The molecular weight excluding hydrogens is 374 g/mol. The molecule has 0 bridgehead atoms. The molecule has 1 aromatic carbocycles. The number of nitrogens with one attached hydrogen (secondary N) is 1. The fourth-order valence-electron chi connectivity index (χ4n) is 2.42. The maximum Gasteiger partial charge on any atom is 0.233 e. The van der Waals surface area contributed by atoms with E-state index in [0.29, 0.717) is 29.4 Å². The quantitative estimate of drug-likeness (QED) is 0.465. The van der Waals surface area contributed by atoms with E-state index < -0.39 is 0 Å². The lowest BCUT2D eigenvalue weighted by atomic mass is 10.0. The molecular formula is C20H31N5O2S. The summed E-state index contributed by atoms with van der Waals surface area (Å²) in [5.41, 5.74) is 1.26. The summed E-state index contributed by atoms with van der Waals surface area (Å²) in [6.07, 6.45) is 0.954. The van der Waals surface area contributed by atoms with Crippen molar-refractivity contribution in [3.63, 3.8) is 0 Å². The second-order valence-corrected chi connectivity index (χ2v) is 8.82. The van der Waals surface area contributed by atoms with Crippen LogP contribution in [0.25, 0.3) is 0 Å². The molecule has 0 aliphatic carbocycles. The number of carbonyl (C=O) groups is 1. The van der Waals surface area contributed by atoms with Crippen LogP contribution in [-0.2, 0) is 11.4 Å². The van der Waals surface area contributed by atoms with E-state index in [2.05, 4.69) is 43.2 Å². The summed E-state index contributed by atoms with van der Waals surface area (Å²) in [4.78, 5) is 12.2. The maximum absolute atomic E-state index is 12.2. The predicted octanol–water partition coefficient (Wildman–Crippen LogP) is 3.34. The number of ether oxygens (including phenoxy) is 1. The molecule has 1 amide bonds. The van der Waals surface area contributed by atoms with Gasteiger partial charge < -0.3 is 15.9 Å². The van der Waals surface area contributed by atoms with Crippen LogP contribution in [0, 0.1) is 5.92 Å². The molecule has 2 aromatic rings. The van der Waals surface area contributed by atoms with Gasteiger partial charge in [0.15, 0.2) is 5.82 Å². The molecule has 2 rings (SSSR count). The minimum absolute atomic E-state index is 0.0308.